The van der Waals surface area contributed by atoms with Gasteiger partial charge in [-0.3, -0.25) is 0 Å². The zero-order valence-electron chi connectivity index (χ0n) is 21.9. The van der Waals surface area contributed by atoms with Gasteiger partial charge >= 0.3 is 0 Å². The molecule has 5 rings (SSSR count). The van der Waals surface area contributed by atoms with Gasteiger partial charge in [0, 0.05) is 35.9 Å². The molecule has 0 radical (unpaired) electrons. The number of nitrogens with one attached hydrogen (secondary N) is 1. The molecule has 2 N–H and O–H groups in total. The van der Waals surface area contributed by atoms with Crippen molar-refractivity contribution in [2.45, 2.75) is 31.6 Å². The molecule has 1 fully saturated rings. The molecule has 0 saturated carbocycles. The number of anilines is 2. The predicted octanol–water partition coefficient (Wildman–Crippen LogP) is 5.21. The third kappa shape index (κ3) is 5.99. The van der Waals surface area contributed by atoms with Crippen molar-refractivity contribution in [2.75, 3.05) is 38.0 Å². The van der Waals surface area contributed by atoms with Gasteiger partial charge in [-0.1, -0.05) is 18.5 Å². The molecule has 204 valence electrons. The minimum absolute atomic E-state index is 0.122. The Morgan fingerprint density at radius 2 is 1.79 bits per heavy atom. The van der Waals surface area contributed by atoms with Gasteiger partial charge in [-0.25, -0.2) is 13.4 Å². The largest absolute Gasteiger partial charge is 0.507 e. The van der Waals surface area contributed by atoms with Crippen LogP contribution in [0.5, 0.6) is 5.75 Å². The molecule has 1 saturated heterocycles. The van der Waals surface area contributed by atoms with Crippen LogP contribution in [0.1, 0.15) is 25.3 Å². The number of aromatic hydroxyl groups is 1. The van der Waals surface area contributed by atoms with Gasteiger partial charge in [-0.05, 0) is 98.6 Å². The summed E-state index contributed by atoms with van der Waals surface area (Å²) in [6, 6.07) is 15.2. The zero-order chi connectivity index (χ0) is 27.6. The van der Waals surface area contributed by atoms with E-state index >= 15 is 0 Å². The van der Waals surface area contributed by atoms with E-state index in [0.717, 1.165) is 30.8 Å². The molecular weight excluding hydrogens is 536 g/mol. The fraction of sp³-hybridized carbons (Fsp3) is 0.321. The van der Waals surface area contributed by atoms with E-state index in [9.17, 15) is 13.5 Å². The highest BCUT2D eigenvalue weighted by molar-refractivity contribution is 7.89. The molecule has 9 nitrogen and oxygen atoms in total. The highest BCUT2D eigenvalue weighted by atomic mass is 35.5. The normalized spacial score (nSPS) is 14.4. The van der Waals surface area contributed by atoms with Gasteiger partial charge in [-0.2, -0.15) is 4.31 Å². The van der Waals surface area contributed by atoms with Crippen LogP contribution in [0, 0.1) is 6.92 Å². The Morgan fingerprint density at radius 1 is 1.05 bits per heavy atom. The highest BCUT2D eigenvalue weighted by Crippen LogP contribution is 2.34. The second-order valence-electron chi connectivity index (χ2n) is 9.65. The standard InChI is InChI=1S/C28H31ClN6O3S/c1-3-35(15-14-34-12-4-5-13-34)39(37,38)23-9-7-22(8-10-23)30-28-31-27-19(2)16-20(17-25(27)32-33-28)24-18-21(29)6-11-26(24)36/h6-11,16-18,36H,3-5,12-15H2,1-2H3,(H,30,31,33). The smallest absolute Gasteiger partial charge is 0.247 e. The summed E-state index contributed by atoms with van der Waals surface area (Å²) in [4.78, 5) is 7.18. The van der Waals surface area contributed by atoms with Gasteiger partial charge in [0.2, 0.25) is 16.0 Å². The van der Waals surface area contributed by atoms with Crippen molar-refractivity contribution < 1.29 is 13.5 Å². The quantitative estimate of drug-likeness (QED) is 0.284. The first-order valence-corrected chi connectivity index (χ1v) is 14.8. The van der Waals surface area contributed by atoms with Crippen LogP contribution < -0.4 is 5.32 Å². The molecule has 3 aromatic carbocycles. The number of likely N-dealkylation sites (N-methyl/N-ethyl adjacent to an activating group) is 1. The number of aryl methyl sites for hydroxylation is 1. The molecule has 1 aromatic heterocycles. The molecule has 0 aliphatic carbocycles. The van der Waals surface area contributed by atoms with Crippen molar-refractivity contribution in [3.8, 4) is 16.9 Å². The molecule has 0 spiro atoms. The van der Waals surface area contributed by atoms with Crippen LogP contribution in [0.15, 0.2) is 59.5 Å². The number of benzene rings is 3. The number of phenolic OH excluding ortho intramolecular Hbond substituents is 1. The van der Waals surface area contributed by atoms with Crippen molar-refractivity contribution in [3.63, 3.8) is 0 Å². The lowest BCUT2D eigenvalue weighted by Crippen LogP contribution is -2.37. The summed E-state index contributed by atoms with van der Waals surface area (Å²) in [6.45, 7) is 7.50. The molecule has 1 aliphatic heterocycles. The monoisotopic (exact) mass is 566 g/mol. The van der Waals surface area contributed by atoms with Gasteiger partial charge in [0.05, 0.1) is 10.4 Å². The molecular formula is C28H31ClN6O3S. The summed E-state index contributed by atoms with van der Waals surface area (Å²) in [5.74, 6) is 0.414. The van der Waals surface area contributed by atoms with Crippen LogP contribution in [0.4, 0.5) is 11.6 Å². The Labute approximate surface area is 233 Å². The van der Waals surface area contributed by atoms with E-state index in [1.165, 1.54) is 17.1 Å². The van der Waals surface area contributed by atoms with E-state index in [1.54, 1.807) is 48.5 Å². The van der Waals surface area contributed by atoms with Crippen LogP contribution in [0.25, 0.3) is 22.2 Å². The second-order valence-corrected chi connectivity index (χ2v) is 12.0. The first-order chi connectivity index (χ1) is 18.7. The van der Waals surface area contributed by atoms with Gasteiger partial charge in [-0.15, -0.1) is 10.2 Å². The maximum atomic E-state index is 13.2. The average Bonchev–Trinajstić information content (AvgIpc) is 3.44. The zero-order valence-corrected chi connectivity index (χ0v) is 23.5. The first kappa shape index (κ1) is 27.3. The first-order valence-electron chi connectivity index (χ1n) is 13.0. The lowest BCUT2D eigenvalue weighted by Gasteiger charge is -2.23. The van der Waals surface area contributed by atoms with Gasteiger partial charge in [0.25, 0.3) is 0 Å². The number of halogens is 1. The van der Waals surface area contributed by atoms with Crippen molar-refractivity contribution >= 4 is 44.3 Å². The Kier molecular flexibility index (Phi) is 7.99. The second kappa shape index (κ2) is 11.4. The number of aromatic nitrogens is 3. The molecule has 0 unspecified atom stereocenters. The van der Waals surface area contributed by atoms with E-state index < -0.39 is 10.0 Å². The van der Waals surface area contributed by atoms with Gasteiger partial charge < -0.3 is 15.3 Å². The van der Waals surface area contributed by atoms with Crippen LogP contribution >= 0.6 is 11.6 Å². The number of phenols is 1. The Morgan fingerprint density at radius 3 is 2.51 bits per heavy atom. The lowest BCUT2D eigenvalue weighted by atomic mass is 10.0. The van der Waals surface area contributed by atoms with Crippen LogP contribution in [-0.4, -0.2) is 70.6 Å². The topological polar surface area (TPSA) is 112 Å². The number of sulfonamides is 1. The van der Waals surface area contributed by atoms with E-state index in [1.807, 2.05) is 19.9 Å². The van der Waals surface area contributed by atoms with E-state index in [0.29, 0.717) is 46.3 Å². The fourth-order valence-electron chi connectivity index (χ4n) is 4.86. The van der Waals surface area contributed by atoms with E-state index in [2.05, 4.69) is 25.4 Å². The number of hydrogen-bond acceptors (Lipinski definition) is 8. The molecule has 0 atom stereocenters. The minimum Gasteiger partial charge on any atom is -0.507 e. The minimum atomic E-state index is -3.59. The number of fused-ring (bicyclic) bond motifs is 1. The maximum Gasteiger partial charge on any atom is 0.247 e. The molecule has 11 heteroatoms. The average molecular weight is 567 g/mol. The SMILES string of the molecule is CCN(CCN1CCCC1)S(=O)(=O)c1ccc(Nc2nnc3cc(-c4cc(Cl)ccc4O)cc(C)c3n2)cc1. The summed E-state index contributed by atoms with van der Waals surface area (Å²) in [7, 11) is -3.59. The number of hydrogen-bond donors (Lipinski definition) is 2. The third-order valence-electron chi connectivity index (χ3n) is 6.99. The van der Waals surface area contributed by atoms with Crippen LogP contribution in [-0.2, 0) is 10.0 Å². The molecule has 1 aliphatic rings. The van der Waals surface area contributed by atoms with Crippen LogP contribution in [0.2, 0.25) is 5.02 Å². The van der Waals surface area contributed by atoms with E-state index in [4.69, 9.17) is 11.6 Å². The maximum absolute atomic E-state index is 13.2. The van der Waals surface area contributed by atoms with Crippen molar-refractivity contribution in [1.82, 2.24) is 24.4 Å². The Bertz CT molecular complexity index is 1590. The molecule has 0 bridgehead atoms. The number of rotatable bonds is 9. The summed E-state index contributed by atoms with van der Waals surface area (Å²) in [5.41, 5.74) is 4.10. The van der Waals surface area contributed by atoms with Crippen molar-refractivity contribution in [1.29, 1.82) is 0 Å². The molecule has 2 heterocycles. The summed E-state index contributed by atoms with van der Waals surface area (Å²) in [6.07, 6.45) is 2.36. The summed E-state index contributed by atoms with van der Waals surface area (Å²) >= 11 is 6.12. The van der Waals surface area contributed by atoms with Gasteiger partial charge in [0.15, 0.2) is 0 Å². The van der Waals surface area contributed by atoms with E-state index in [-0.39, 0.29) is 10.6 Å². The predicted molar refractivity (Wildman–Crippen MR) is 154 cm³/mol. The summed E-state index contributed by atoms with van der Waals surface area (Å²) < 4.78 is 28.0. The Balaban J connectivity index is 1.32. The van der Waals surface area contributed by atoms with Gasteiger partial charge in [0.1, 0.15) is 11.3 Å². The van der Waals surface area contributed by atoms with Crippen molar-refractivity contribution in [2.24, 2.45) is 0 Å². The molecule has 39 heavy (non-hydrogen) atoms. The summed E-state index contributed by atoms with van der Waals surface area (Å²) in [5, 5.41) is 22.4. The van der Waals surface area contributed by atoms with Crippen LogP contribution in [0.3, 0.4) is 0 Å². The molecule has 4 aromatic rings. The Hall–Kier alpha value is -3.31. The highest BCUT2D eigenvalue weighted by Gasteiger charge is 2.24. The lowest BCUT2D eigenvalue weighted by molar-refractivity contribution is 0.299. The number of nitrogens with zero attached hydrogens (tertiary/aromatic N) is 5. The van der Waals surface area contributed by atoms with Crippen molar-refractivity contribution in [3.05, 3.63) is 65.2 Å². The third-order valence-corrected chi connectivity index (χ3v) is 9.21. The fourth-order valence-corrected chi connectivity index (χ4v) is 6.47. The molecule has 0 amide bonds. The number of likely N-dealkylation sites (tertiary alicyclic amines) is 1.